The number of esters is 2. The Labute approximate surface area is 564 Å². The SMILES string of the molecule is CC/C=C\C/C=C\C/C=C\C/C=C\C/C=C\C/C=C\CCCCCCCCCCCCCCCCCCCCCCC(=O)OC(COC(=O)CCCCCCCCCCCCCCCCCCCCCCCCCCCCC)COC(OCC[N+](C)(C)C)C(=O)O. The summed E-state index contributed by atoms with van der Waals surface area (Å²) in [6.07, 6.45) is 94.8. The fraction of sp³-hybridized carbons (Fsp3) is 0.817. The second-order valence-corrected chi connectivity index (χ2v) is 27.7. The highest BCUT2D eigenvalue weighted by Gasteiger charge is 2.25. The highest BCUT2D eigenvalue weighted by molar-refractivity contribution is 5.71. The lowest BCUT2D eigenvalue weighted by atomic mass is 10.0. The minimum Gasteiger partial charge on any atom is -0.477 e. The van der Waals surface area contributed by atoms with E-state index < -0.39 is 18.4 Å². The molecule has 0 bridgehead atoms. The lowest BCUT2D eigenvalue weighted by molar-refractivity contribution is -0.870. The van der Waals surface area contributed by atoms with Gasteiger partial charge in [0.15, 0.2) is 6.10 Å². The van der Waals surface area contributed by atoms with Crippen LogP contribution in [0.4, 0.5) is 0 Å². The first-order chi connectivity index (χ1) is 44.6. The minimum absolute atomic E-state index is 0.177. The second-order valence-electron chi connectivity index (χ2n) is 27.7. The summed E-state index contributed by atoms with van der Waals surface area (Å²) in [5.41, 5.74) is 0. The molecule has 0 aliphatic carbocycles. The summed E-state index contributed by atoms with van der Waals surface area (Å²) in [6, 6.07) is 0. The Kier molecular flexibility index (Phi) is 69.9. The number of quaternary nitrogens is 1. The van der Waals surface area contributed by atoms with Gasteiger partial charge in [-0.15, -0.1) is 0 Å². The summed E-state index contributed by atoms with van der Waals surface area (Å²) in [4.78, 5) is 37.7. The van der Waals surface area contributed by atoms with E-state index in [0.717, 1.165) is 77.0 Å². The molecule has 91 heavy (non-hydrogen) atoms. The van der Waals surface area contributed by atoms with Crippen molar-refractivity contribution in [2.75, 3.05) is 47.5 Å². The van der Waals surface area contributed by atoms with Gasteiger partial charge in [0.2, 0.25) is 0 Å². The number of ether oxygens (including phenoxy) is 4. The Morgan fingerprint density at radius 1 is 0.341 bits per heavy atom. The van der Waals surface area contributed by atoms with Crippen molar-refractivity contribution in [1.29, 1.82) is 0 Å². The molecular weight excluding hydrogens is 1130 g/mol. The molecule has 0 heterocycles. The van der Waals surface area contributed by atoms with E-state index in [1.165, 1.54) is 270 Å². The number of nitrogens with zero attached hydrogens (tertiary/aromatic N) is 1. The normalized spacial score (nSPS) is 13.0. The van der Waals surface area contributed by atoms with E-state index in [1.807, 2.05) is 21.1 Å². The van der Waals surface area contributed by atoms with Gasteiger partial charge in [0.25, 0.3) is 6.29 Å². The largest absolute Gasteiger partial charge is 0.477 e. The average molecular weight is 1280 g/mol. The van der Waals surface area contributed by atoms with Gasteiger partial charge in [-0.25, -0.2) is 4.79 Å². The lowest BCUT2D eigenvalue weighted by Gasteiger charge is -2.25. The molecule has 0 rings (SSSR count). The van der Waals surface area contributed by atoms with Crippen LogP contribution in [-0.4, -0.2) is 87.4 Å². The van der Waals surface area contributed by atoms with Gasteiger partial charge in [0, 0.05) is 12.8 Å². The maximum atomic E-state index is 13.0. The summed E-state index contributed by atoms with van der Waals surface area (Å²) in [6.45, 7) is 4.83. The van der Waals surface area contributed by atoms with Crippen LogP contribution in [0.25, 0.3) is 0 Å². The summed E-state index contributed by atoms with van der Waals surface area (Å²) >= 11 is 0. The number of carboxylic acid groups (broad SMARTS) is 1. The van der Waals surface area contributed by atoms with Crippen LogP contribution >= 0.6 is 0 Å². The van der Waals surface area contributed by atoms with Crippen molar-refractivity contribution in [3.63, 3.8) is 0 Å². The molecule has 0 spiro atoms. The van der Waals surface area contributed by atoms with Crippen LogP contribution in [-0.2, 0) is 33.3 Å². The number of unbranched alkanes of at least 4 members (excludes halogenated alkanes) is 46. The van der Waals surface area contributed by atoms with Crippen molar-refractivity contribution >= 4 is 17.9 Å². The Morgan fingerprint density at radius 3 is 0.934 bits per heavy atom. The average Bonchev–Trinajstić information content (AvgIpc) is 3.46. The van der Waals surface area contributed by atoms with Gasteiger partial charge in [-0.1, -0.05) is 369 Å². The van der Waals surface area contributed by atoms with Crippen molar-refractivity contribution in [3.05, 3.63) is 72.9 Å². The monoisotopic (exact) mass is 1280 g/mol. The third-order valence-electron chi connectivity index (χ3n) is 17.5. The predicted octanol–water partition coefficient (Wildman–Crippen LogP) is 24.8. The van der Waals surface area contributed by atoms with Crippen molar-refractivity contribution in [2.24, 2.45) is 0 Å². The number of hydrogen-bond acceptors (Lipinski definition) is 7. The van der Waals surface area contributed by atoms with Crippen LogP contribution < -0.4 is 0 Å². The van der Waals surface area contributed by atoms with Crippen LogP contribution in [0.5, 0.6) is 0 Å². The number of carbonyl (C=O) groups is 3. The molecular formula is C82H150NO8+. The summed E-state index contributed by atoms with van der Waals surface area (Å²) in [5.74, 6) is -1.98. The maximum Gasteiger partial charge on any atom is 0.361 e. The first kappa shape index (κ1) is 87.7. The number of allylic oxidation sites excluding steroid dienone is 12. The molecule has 0 amide bonds. The molecule has 0 aromatic rings. The molecule has 0 aliphatic heterocycles. The quantitative estimate of drug-likeness (QED) is 0.0211. The van der Waals surface area contributed by atoms with E-state index in [2.05, 4.69) is 86.8 Å². The van der Waals surface area contributed by atoms with E-state index in [-0.39, 0.29) is 38.2 Å². The van der Waals surface area contributed by atoms with Crippen molar-refractivity contribution < 1.29 is 42.9 Å². The number of hydrogen-bond donors (Lipinski definition) is 1. The molecule has 9 heteroatoms. The zero-order valence-corrected chi connectivity index (χ0v) is 60.8. The van der Waals surface area contributed by atoms with Gasteiger partial charge in [0.05, 0.1) is 34.4 Å². The molecule has 0 saturated heterocycles. The first-order valence-corrected chi connectivity index (χ1v) is 39.1. The number of carbonyl (C=O) groups excluding carboxylic acids is 2. The number of likely N-dealkylation sites (N-methyl/N-ethyl adjacent to an activating group) is 1. The van der Waals surface area contributed by atoms with E-state index >= 15 is 0 Å². The van der Waals surface area contributed by atoms with Crippen molar-refractivity contribution in [3.8, 4) is 0 Å². The van der Waals surface area contributed by atoms with Gasteiger partial charge in [0.1, 0.15) is 13.2 Å². The van der Waals surface area contributed by atoms with Crippen LogP contribution in [0, 0.1) is 0 Å². The van der Waals surface area contributed by atoms with E-state index in [0.29, 0.717) is 17.4 Å². The standard InChI is InChI=1S/C82H149NO8/c1-6-8-10-12-14-16-18-20-22-24-26-28-30-32-34-35-36-37-38-39-40-41-42-43-44-45-47-49-51-53-55-57-59-61-63-65-67-69-71-73-80(85)91-78(77-90-82(81(86)87)88-75-74-83(3,4)5)76-89-79(84)72-70-68-66-64-62-60-58-56-54-52-50-48-46-33-31-29-27-25-23-21-19-17-15-13-11-9-7-2/h8,10,14,16,20,22,26,28,32,34,36-37,78,82H,6-7,9,11-13,15,17-19,21,23-25,27,29-31,33,35,38-77H2,1-5H3/p+1/b10-8-,16-14-,22-20-,28-26-,34-32-,37-36-. The molecule has 0 fully saturated rings. The molecule has 0 saturated carbocycles. The topological polar surface area (TPSA) is 108 Å². The van der Waals surface area contributed by atoms with Crippen LogP contribution in [0.3, 0.4) is 0 Å². The third-order valence-corrected chi connectivity index (χ3v) is 17.5. The zero-order valence-electron chi connectivity index (χ0n) is 60.8. The first-order valence-electron chi connectivity index (χ1n) is 39.1. The van der Waals surface area contributed by atoms with Gasteiger partial charge in [-0.2, -0.15) is 0 Å². The maximum absolute atomic E-state index is 13.0. The van der Waals surface area contributed by atoms with Crippen LogP contribution in [0.1, 0.15) is 373 Å². The molecule has 0 aromatic heterocycles. The highest BCUT2D eigenvalue weighted by Crippen LogP contribution is 2.19. The third kappa shape index (κ3) is 74.0. The summed E-state index contributed by atoms with van der Waals surface area (Å²) < 4.78 is 23.1. The van der Waals surface area contributed by atoms with Gasteiger partial charge < -0.3 is 28.5 Å². The predicted molar refractivity (Wildman–Crippen MR) is 392 cm³/mol. The Hall–Kier alpha value is -3.27. The smallest absolute Gasteiger partial charge is 0.361 e. The van der Waals surface area contributed by atoms with Crippen LogP contribution in [0.15, 0.2) is 72.9 Å². The minimum atomic E-state index is -1.51. The fourth-order valence-electron chi connectivity index (χ4n) is 11.6. The lowest BCUT2D eigenvalue weighted by Crippen LogP contribution is -2.40. The number of carboxylic acids is 1. The molecule has 1 N–H and O–H groups in total. The Morgan fingerprint density at radius 2 is 0.626 bits per heavy atom. The molecule has 2 atom stereocenters. The molecule has 0 aliphatic rings. The molecule has 2 unspecified atom stereocenters. The Balaban J connectivity index is 3.99. The van der Waals surface area contributed by atoms with Crippen molar-refractivity contribution in [2.45, 2.75) is 386 Å². The Bertz CT molecular complexity index is 1730. The van der Waals surface area contributed by atoms with Gasteiger partial charge >= 0.3 is 17.9 Å². The molecule has 0 aromatic carbocycles. The van der Waals surface area contributed by atoms with Crippen molar-refractivity contribution in [1.82, 2.24) is 0 Å². The molecule has 0 radical (unpaired) electrons. The van der Waals surface area contributed by atoms with Gasteiger partial charge in [-0.3, -0.25) is 9.59 Å². The number of aliphatic carboxylic acids is 1. The zero-order chi connectivity index (χ0) is 66.1. The number of rotatable bonds is 73. The second kappa shape index (κ2) is 72.6. The van der Waals surface area contributed by atoms with E-state index in [9.17, 15) is 19.5 Å². The molecule has 9 nitrogen and oxygen atoms in total. The van der Waals surface area contributed by atoms with E-state index in [4.69, 9.17) is 18.9 Å². The van der Waals surface area contributed by atoms with Gasteiger partial charge in [-0.05, 0) is 64.2 Å². The summed E-state index contributed by atoms with van der Waals surface area (Å²) in [7, 11) is 5.99. The summed E-state index contributed by atoms with van der Waals surface area (Å²) in [5, 5.41) is 9.77. The van der Waals surface area contributed by atoms with E-state index in [1.54, 1.807) is 0 Å². The highest BCUT2D eigenvalue weighted by atomic mass is 16.7. The fourth-order valence-corrected chi connectivity index (χ4v) is 11.6. The van der Waals surface area contributed by atoms with Crippen LogP contribution in [0.2, 0.25) is 0 Å². The molecule has 530 valence electrons.